The number of esters is 1. The summed E-state index contributed by atoms with van der Waals surface area (Å²) in [6.45, 7) is -6.10. The molecule has 4 aromatic rings. The van der Waals surface area contributed by atoms with Gasteiger partial charge in [-0.3, -0.25) is 4.68 Å². The molecule has 0 spiro atoms. The Kier molecular flexibility index (Phi) is 7.44. The van der Waals surface area contributed by atoms with Crippen molar-refractivity contribution in [2.75, 3.05) is 7.11 Å². The number of ether oxygens (including phenoxy) is 3. The monoisotopic (exact) mass is 524 g/mol. The lowest BCUT2D eigenvalue weighted by molar-refractivity contribution is -0.0505. The Balaban J connectivity index is 1.80. The largest absolute Gasteiger partial charge is 0.464 e. The fourth-order valence-corrected chi connectivity index (χ4v) is 3.79. The standard InChI is InChI=1S/C23H17ClF4N4O4/c1-34-21(33)17-8-9-31(29-17)12-32-20(14-5-3-7-16(11-14)36-23(27)28)18(24)19(30-32)13-4-2-6-15(10-13)35-22(25)26/h2-11,22-23H,12H2,1H3. The van der Waals surface area contributed by atoms with Gasteiger partial charge in [0.1, 0.15) is 23.9 Å². The molecular formula is C23H17ClF4N4O4. The highest BCUT2D eigenvalue weighted by Crippen LogP contribution is 2.38. The number of carbonyl (C=O) groups is 1. The van der Waals surface area contributed by atoms with E-state index in [1.54, 1.807) is 12.1 Å². The summed E-state index contributed by atoms with van der Waals surface area (Å²) in [5.74, 6) is -0.843. The number of methoxy groups -OCH3 is 1. The van der Waals surface area contributed by atoms with E-state index in [2.05, 4.69) is 24.4 Å². The summed E-state index contributed by atoms with van der Waals surface area (Å²) < 4.78 is 67.4. The Morgan fingerprint density at radius 1 is 0.944 bits per heavy atom. The van der Waals surface area contributed by atoms with E-state index in [1.807, 2.05) is 0 Å². The smallest absolute Gasteiger partial charge is 0.387 e. The van der Waals surface area contributed by atoms with Crippen molar-refractivity contribution in [3.8, 4) is 34.0 Å². The minimum atomic E-state index is -3.03. The van der Waals surface area contributed by atoms with Crippen LogP contribution in [-0.4, -0.2) is 45.9 Å². The van der Waals surface area contributed by atoms with Crippen LogP contribution in [0.2, 0.25) is 5.02 Å². The van der Waals surface area contributed by atoms with Crippen molar-refractivity contribution in [1.29, 1.82) is 0 Å². The van der Waals surface area contributed by atoms with Crippen molar-refractivity contribution in [3.63, 3.8) is 0 Å². The molecule has 4 rings (SSSR count). The molecule has 8 nitrogen and oxygen atoms in total. The zero-order valence-electron chi connectivity index (χ0n) is 18.4. The average Bonchev–Trinajstić information content (AvgIpc) is 3.42. The molecule has 0 aliphatic rings. The third-order valence-corrected chi connectivity index (χ3v) is 5.23. The van der Waals surface area contributed by atoms with E-state index in [0.717, 1.165) is 0 Å². The van der Waals surface area contributed by atoms with Crippen LogP contribution in [0.15, 0.2) is 60.8 Å². The highest BCUT2D eigenvalue weighted by atomic mass is 35.5. The van der Waals surface area contributed by atoms with Gasteiger partial charge in [0.15, 0.2) is 5.69 Å². The van der Waals surface area contributed by atoms with Crippen molar-refractivity contribution in [2.24, 2.45) is 0 Å². The Morgan fingerprint density at radius 3 is 2.17 bits per heavy atom. The third-order valence-electron chi connectivity index (χ3n) is 4.87. The number of alkyl halides is 4. The van der Waals surface area contributed by atoms with Gasteiger partial charge in [-0.25, -0.2) is 9.48 Å². The number of rotatable bonds is 9. The van der Waals surface area contributed by atoms with Crippen LogP contribution < -0.4 is 9.47 Å². The maximum Gasteiger partial charge on any atom is 0.387 e. The van der Waals surface area contributed by atoms with Crippen LogP contribution >= 0.6 is 11.6 Å². The van der Waals surface area contributed by atoms with Gasteiger partial charge in [0.25, 0.3) is 0 Å². The van der Waals surface area contributed by atoms with Crippen molar-refractivity contribution in [2.45, 2.75) is 19.9 Å². The van der Waals surface area contributed by atoms with E-state index in [4.69, 9.17) is 11.6 Å². The first-order chi connectivity index (χ1) is 17.2. The van der Waals surface area contributed by atoms with Crippen molar-refractivity contribution >= 4 is 17.6 Å². The van der Waals surface area contributed by atoms with Gasteiger partial charge >= 0.3 is 19.2 Å². The predicted octanol–water partition coefficient (Wildman–Crippen LogP) is 5.56. The third kappa shape index (κ3) is 5.60. The molecule has 0 radical (unpaired) electrons. The molecule has 0 fully saturated rings. The number of carbonyl (C=O) groups excluding carboxylic acids is 1. The number of nitrogens with zero attached hydrogens (tertiary/aromatic N) is 4. The van der Waals surface area contributed by atoms with E-state index in [9.17, 15) is 22.4 Å². The Bertz CT molecular complexity index is 1380. The lowest BCUT2D eigenvalue weighted by atomic mass is 10.1. The Hall–Kier alpha value is -4.06. The zero-order chi connectivity index (χ0) is 25.8. The molecule has 13 heteroatoms. The number of hydrogen-bond acceptors (Lipinski definition) is 6. The molecule has 36 heavy (non-hydrogen) atoms. The summed E-state index contributed by atoms with van der Waals surface area (Å²) in [4.78, 5) is 11.8. The molecule has 188 valence electrons. The molecule has 2 heterocycles. The van der Waals surface area contributed by atoms with Gasteiger partial charge in [-0.15, -0.1) is 0 Å². The van der Waals surface area contributed by atoms with Gasteiger partial charge in [0, 0.05) is 17.3 Å². The second-order valence-corrected chi connectivity index (χ2v) is 7.57. The van der Waals surface area contributed by atoms with Gasteiger partial charge in [0.2, 0.25) is 0 Å². The van der Waals surface area contributed by atoms with Crippen LogP contribution in [-0.2, 0) is 11.4 Å². The first kappa shape index (κ1) is 25.0. The second-order valence-electron chi connectivity index (χ2n) is 7.20. The molecule has 0 atom stereocenters. The molecule has 2 aromatic heterocycles. The van der Waals surface area contributed by atoms with Gasteiger partial charge in [-0.2, -0.15) is 27.8 Å². The molecule has 0 amide bonds. The lowest BCUT2D eigenvalue weighted by Crippen LogP contribution is -2.13. The SMILES string of the molecule is COC(=O)c1ccn(Cn2nc(-c3cccc(OC(F)F)c3)c(Cl)c2-c2cccc(OC(F)F)c2)n1. The summed E-state index contributed by atoms with van der Waals surface area (Å²) in [5, 5.41) is 8.76. The molecule has 0 saturated heterocycles. The molecule has 0 aliphatic carbocycles. The van der Waals surface area contributed by atoms with Gasteiger partial charge < -0.3 is 14.2 Å². The van der Waals surface area contributed by atoms with E-state index in [0.29, 0.717) is 16.8 Å². The highest BCUT2D eigenvalue weighted by molar-refractivity contribution is 6.35. The van der Waals surface area contributed by atoms with E-state index in [-0.39, 0.29) is 34.6 Å². The van der Waals surface area contributed by atoms with Crippen LogP contribution in [0, 0.1) is 0 Å². The molecular weight excluding hydrogens is 508 g/mol. The minimum absolute atomic E-state index is 0.0425. The van der Waals surface area contributed by atoms with E-state index >= 15 is 0 Å². The van der Waals surface area contributed by atoms with Crippen LogP contribution in [0.4, 0.5) is 17.6 Å². The van der Waals surface area contributed by atoms with Gasteiger partial charge in [-0.1, -0.05) is 35.9 Å². The molecule has 0 aliphatic heterocycles. The fourth-order valence-electron chi connectivity index (χ4n) is 3.43. The predicted molar refractivity (Wildman–Crippen MR) is 120 cm³/mol. The Morgan fingerprint density at radius 2 is 1.56 bits per heavy atom. The quantitative estimate of drug-likeness (QED) is 0.211. The topological polar surface area (TPSA) is 80.4 Å². The van der Waals surface area contributed by atoms with Gasteiger partial charge in [-0.05, 0) is 30.3 Å². The summed E-state index contributed by atoms with van der Waals surface area (Å²) in [6, 6.07) is 13.1. The van der Waals surface area contributed by atoms with Gasteiger partial charge in [0.05, 0.1) is 17.8 Å². The molecule has 0 unspecified atom stereocenters. The van der Waals surface area contributed by atoms with Crippen molar-refractivity contribution < 1.29 is 36.6 Å². The maximum atomic E-state index is 12.8. The normalized spacial score (nSPS) is 11.2. The maximum absolute atomic E-state index is 12.8. The average molecular weight is 525 g/mol. The van der Waals surface area contributed by atoms with E-state index in [1.165, 1.54) is 65.1 Å². The first-order valence-electron chi connectivity index (χ1n) is 10.2. The van der Waals surface area contributed by atoms with Crippen LogP contribution in [0.3, 0.4) is 0 Å². The fraction of sp³-hybridized carbons (Fsp3) is 0.174. The summed E-state index contributed by atoms with van der Waals surface area (Å²) in [6.07, 6.45) is 1.51. The van der Waals surface area contributed by atoms with E-state index < -0.39 is 19.2 Å². The number of hydrogen-bond donors (Lipinski definition) is 0. The summed E-state index contributed by atoms with van der Waals surface area (Å²) in [7, 11) is 1.22. The number of benzene rings is 2. The highest BCUT2D eigenvalue weighted by Gasteiger charge is 2.22. The van der Waals surface area contributed by atoms with Crippen LogP contribution in [0.25, 0.3) is 22.5 Å². The first-order valence-corrected chi connectivity index (χ1v) is 10.6. The minimum Gasteiger partial charge on any atom is -0.464 e. The van der Waals surface area contributed by atoms with Crippen molar-refractivity contribution in [3.05, 3.63) is 71.5 Å². The summed E-state index contributed by atoms with van der Waals surface area (Å²) >= 11 is 6.69. The van der Waals surface area contributed by atoms with Crippen LogP contribution in [0.5, 0.6) is 11.5 Å². The summed E-state index contributed by atoms with van der Waals surface area (Å²) in [5.41, 5.74) is 1.33. The molecule has 0 saturated carbocycles. The molecule has 2 aromatic carbocycles. The van der Waals surface area contributed by atoms with Crippen LogP contribution in [0.1, 0.15) is 10.5 Å². The zero-order valence-corrected chi connectivity index (χ0v) is 19.2. The lowest BCUT2D eigenvalue weighted by Gasteiger charge is -2.10. The molecule has 0 N–H and O–H groups in total. The number of aromatic nitrogens is 4. The van der Waals surface area contributed by atoms with Crippen molar-refractivity contribution in [1.82, 2.24) is 19.6 Å². The second kappa shape index (κ2) is 10.7. The molecule has 0 bridgehead atoms. The number of halogens is 5. The Labute approximate surface area is 206 Å².